The van der Waals surface area contributed by atoms with Gasteiger partial charge in [-0.15, -0.1) is 0 Å². The summed E-state index contributed by atoms with van der Waals surface area (Å²) >= 11 is 24.1. The number of piperidine rings is 4. The zero-order valence-corrected chi connectivity index (χ0v) is 42.7. The van der Waals surface area contributed by atoms with E-state index in [0.717, 1.165) is 124 Å². The fraction of sp³-hybridized carbons (Fsp3) is 0.490. The first-order chi connectivity index (χ1) is 32.6. The second-order valence-corrected chi connectivity index (χ2v) is 22.0. The molecule has 0 bridgehead atoms. The third-order valence-electron chi connectivity index (χ3n) is 13.8. The Morgan fingerprint density at radius 1 is 0.691 bits per heavy atom. The van der Waals surface area contributed by atoms with Crippen LogP contribution in [0, 0.1) is 12.8 Å². The van der Waals surface area contributed by atoms with Gasteiger partial charge in [-0.2, -0.15) is 0 Å². The number of nitrogens with zero attached hydrogens (tertiary/aromatic N) is 5. The first-order valence-corrected chi connectivity index (χ1v) is 26.6. The monoisotopic (exact) mass is 1030 g/mol. The fourth-order valence-electron chi connectivity index (χ4n) is 9.67. The number of halogens is 4. The molecule has 0 saturated carbocycles. The highest BCUT2D eigenvalue weighted by atomic mass is 35.5. The van der Waals surface area contributed by atoms with E-state index in [-0.39, 0.29) is 18.5 Å². The number of amides is 2. The van der Waals surface area contributed by atoms with Crippen molar-refractivity contribution in [1.29, 1.82) is 0 Å². The summed E-state index contributed by atoms with van der Waals surface area (Å²) in [6, 6.07) is 26.7. The standard InChI is InChI=1S/C26H32Cl2N2O3.C25H31Cl2N3O4S.H2/c27-23-7-6-22(17-24(23)28)33-21-10-12-29(13-11-21)18-20-8-14-30(15-9-20)25(26(31)32)16-19-4-2-1-3-5-19;1-18-3-6-22(7-4-18)35(32,33)28(2)25(31)30-13-9-19(10-14-30)29-15-11-20(12-16-29)34-21-5-8-23(26)24(27)17-21;/h1-7,17,20-21,25H,8-16,18H2,(H,31,32);3-8,17,19-20H,9-16H2,1-2H3;1H/t25-;;/m0../s1. The van der Waals surface area contributed by atoms with E-state index >= 15 is 0 Å². The number of hydrogen-bond donors (Lipinski definition) is 1. The van der Waals surface area contributed by atoms with E-state index in [1.165, 1.54) is 19.2 Å². The molecule has 4 aliphatic heterocycles. The number of hydrogen-bond acceptors (Lipinski definition) is 9. The molecule has 1 N–H and O–H groups in total. The number of carbonyl (C=O) groups excluding carboxylic acids is 1. The molecule has 0 unspecified atom stereocenters. The Balaban J connectivity index is 0.000000224. The minimum absolute atomic E-state index is 0. The summed E-state index contributed by atoms with van der Waals surface area (Å²) in [5.74, 6) is 1.41. The second kappa shape index (κ2) is 24.4. The van der Waals surface area contributed by atoms with E-state index in [0.29, 0.717) is 51.6 Å². The number of rotatable bonds is 13. The first-order valence-electron chi connectivity index (χ1n) is 23.7. The molecule has 0 aliphatic carbocycles. The van der Waals surface area contributed by atoms with Crippen LogP contribution in [0.15, 0.2) is 95.9 Å². The molecule has 0 radical (unpaired) electrons. The lowest BCUT2D eigenvalue weighted by Crippen LogP contribution is -2.52. The van der Waals surface area contributed by atoms with Gasteiger partial charge in [0.2, 0.25) is 0 Å². The van der Waals surface area contributed by atoms with Gasteiger partial charge >= 0.3 is 12.0 Å². The van der Waals surface area contributed by atoms with Crippen LogP contribution in [0.4, 0.5) is 4.79 Å². The summed E-state index contributed by atoms with van der Waals surface area (Å²) in [6.45, 7) is 9.66. The molecule has 8 rings (SSSR count). The number of carboxylic acids is 1. The number of sulfonamides is 1. The van der Waals surface area contributed by atoms with Crippen molar-refractivity contribution in [1.82, 2.24) is 23.9 Å². The van der Waals surface area contributed by atoms with Crippen LogP contribution < -0.4 is 9.47 Å². The van der Waals surface area contributed by atoms with Crippen LogP contribution >= 0.6 is 46.4 Å². The Labute approximate surface area is 423 Å². The van der Waals surface area contributed by atoms with Gasteiger partial charge in [-0.05, 0) is 126 Å². The normalized spacial score (nSPS) is 19.2. The van der Waals surface area contributed by atoms with Crippen molar-refractivity contribution in [3.8, 4) is 11.5 Å². The quantitative estimate of drug-likeness (QED) is 0.138. The SMILES string of the molecule is Cc1ccc(S(=O)(=O)N(C)C(=O)N2CCC(N3CCC(Oc4ccc(Cl)c(Cl)c4)CC3)CC2)cc1.O=C(O)[C@H](Cc1ccccc1)N1CCC(CN2CCC(Oc3ccc(Cl)c(Cl)c3)CC2)CC1.[HH]. The molecule has 0 spiro atoms. The molecule has 4 saturated heterocycles. The number of aryl methyl sites for hydroxylation is 1. The van der Waals surface area contributed by atoms with E-state index in [4.69, 9.17) is 55.9 Å². The minimum atomic E-state index is -3.87. The van der Waals surface area contributed by atoms with Gasteiger partial charge in [0.15, 0.2) is 0 Å². The average molecular weight is 1030 g/mol. The smallest absolute Gasteiger partial charge is 0.333 e. The molecule has 370 valence electrons. The predicted molar refractivity (Wildman–Crippen MR) is 272 cm³/mol. The van der Waals surface area contributed by atoms with E-state index in [1.54, 1.807) is 41.3 Å². The lowest BCUT2D eigenvalue weighted by atomic mass is 9.93. The maximum absolute atomic E-state index is 13.0. The van der Waals surface area contributed by atoms with Crippen LogP contribution in [0.25, 0.3) is 0 Å². The molecule has 17 heteroatoms. The van der Waals surface area contributed by atoms with Gasteiger partial charge in [-0.25, -0.2) is 17.5 Å². The molecule has 2 amide bonds. The number of carboxylic acid groups (broad SMARTS) is 1. The van der Waals surface area contributed by atoms with Crippen LogP contribution in [-0.2, 0) is 21.2 Å². The van der Waals surface area contributed by atoms with Crippen LogP contribution in [0.1, 0.15) is 63.9 Å². The Hall–Kier alpha value is -3.79. The van der Waals surface area contributed by atoms with Gasteiger partial charge in [-0.1, -0.05) is 94.4 Å². The van der Waals surface area contributed by atoms with E-state index in [9.17, 15) is 23.1 Å². The molecule has 0 aromatic heterocycles. The van der Waals surface area contributed by atoms with Crippen LogP contribution in [0.5, 0.6) is 11.5 Å². The Morgan fingerprint density at radius 3 is 1.74 bits per heavy atom. The summed E-state index contributed by atoms with van der Waals surface area (Å²) in [5, 5.41) is 11.9. The van der Waals surface area contributed by atoms with Crippen LogP contribution in [0.3, 0.4) is 0 Å². The summed E-state index contributed by atoms with van der Waals surface area (Å²) < 4.78 is 38.8. The number of urea groups is 1. The Kier molecular flexibility index (Phi) is 18.6. The highest BCUT2D eigenvalue weighted by molar-refractivity contribution is 7.89. The van der Waals surface area contributed by atoms with Crippen molar-refractivity contribution in [3.05, 3.63) is 122 Å². The zero-order valence-electron chi connectivity index (χ0n) is 38.8. The van der Waals surface area contributed by atoms with Gasteiger partial charge in [0, 0.05) is 72.5 Å². The molecule has 4 aromatic rings. The Bertz CT molecular complexity index is 2400. The predicted octanol–water partition coefficient (Wildman–Crippen LogP) is 10.5. The van der Waals surface area contributed by atoms with Crippen molar-refractivity contribution in [2.24, 2.45) is 5.92 Å². The van der Waals surface area contributed by atoms with Crippen LogP contribution in [-0.4, -0.2) is 140 Å². The molecule has 4 aliphatic rings. The third-order valence-corrected chi connectivity index (χ3v) is 17.0. The molecule has 68 heavy (non-hydrogen) atoms. The van der Waals surface area contributed by atoms with Crippen molar-refractivity contribution >= 4 is 68.4 Å². The second-order valence-electron chi connectivity index (χ2n) is 18.4. The Morgan fingerprint density at radius 2 is 1.22 bits per heavy atom. The molecule has 12 nitrogen and oxygen atoms in total. The maximum atomic E-state index is 13.0. The van der Waals surface area contributed by atoms with Crippen LogP contribution in [0.2, 0.25) is 20.1 Å². The number of likely N-dealkylation sites (tertiary alicyclic amines) is 4. The molecule has 4 aromatic carbocycles. The van der Waals surface area contributed by atoms with Crippen molar-refractivity contribution in [3.63, 3.8) is 0 Å². The number of aliphatic carboxylic acids is 1. The highest BCUT2D eigenvalue weighted by Gasteiger charge is 2.35. The lowest BCUT2D eigenvalue weighted by molar-refractivity contribution is -0.144. The maximum Gasteiger partial charge on any atom is 0.333 e. The topological polar surface area (TPSA) is 123 Å². The molecular weight excluding hydrogens is 968 g/mol. The fourth-order valence-corrected chi connectivity index (χ4v) is 11.4. The number of carbonyl (C=O) groups is 2. The molecule has 1 atom stereocenters. The van der Waals surface area contributed by atoms with Gasteiger partial charge in [0.25, 0.3) is 10.0 Å². The van der Waals surface area contributed by atoms with E-state index < -0.39 is 28.1 Å². The van der Waals surface area contributed by atoms with Gasteiger partial charge < -0.3 is 24.4 Å². The largest absolute Gasteiger partial charge is 0.490 e. The molecule has 4 fully saturated rings. The van der Waals surface area contributed by atoms with Gasteiger partial charge in [-0.3, -0.25) is 14.6 Å². The van der Waals surface area contributed by atoms with Crippen molar-refractivity contribution in [2.45, 2.75) is 93.9 Å². The summed E-state index contributed by atoms with van der Waals surface area (Å²) in [5.41, 5.74) is 2.04. The number of benzene rings is 4. The van der Waals surface area contributed by atoms with Gasteiger partial charge in [0.1, 0.15) is 29.7 Å². The molecular formula is C51H65Cl4N5O7S. The van der Waals surface area contributed by atoms with Crippen molar-refractivity contribution < 1.29 is 34.0 Å². The van der Waals surface area contributed by atoms with Crippen molar-refractivity contribution in [2.75, 3.05) is 66.0 Å². The summed E-state index contributed by atoms with van der Waals surface area (Å²) in [7, 11) is -2.54. The zero-order chi connectivity index (χ0) is 48.4. The lowest BCUT2D eigenvalue weighted by Gasteiger charge is -2.42. The third kappa shape index (κ3) is 14.2. The van der Waals surface area contributed by atoms with Gasteiger partial charge in [0.05, 0.1) is 25.0 Å². The van der Waals surface area contributed by atoms with E-state index in [2.05, 4.69) is 14.7 Å². The summed E-state index contributed by atoms with van der Waals surface area (Å²) in [6.07, 6.45) is 8.47. The minimum Gasteiger partial charge on any atom is -0.490 e. The van der Waals surface area contributed by atoms with E-state index in [1.807, 2.05) is 49.4 Å². The molecule has 4 heterocycles. The summed E-state index contributed by atoms with van der Waals surface area (Å²) in [4.78, 5) is 33.8. The first kappa shape index (κ1) is 52.0. The average Bonchev–Trinajstić information content (AvgIpc) is 3.34. The number of ether oxygens (including phenoxy) is 2. The highest BCUT2D eigenvalue weighted by Crippen LogP contribution is 2.31.